The van der Waals surface area contributed by atoms with Crippen LogP contribution in [0, 0.1) is 11.8 Å². The van der Waals surface area contributed by atoms with Gasteiger partial charge in [0, 0.05) is 18.2 Å². The van der Waals surface area contributed by atoms with Gasteiger partial charge in [0.2, 0.25) is 0 Å². The predicted molar refractivity (Wildman–Crippen MR) is 72.9 cm³/mol. The van der Waals surface area contributed by atoms with Crippen LogP contribution >= 0.6 is 0 Å². The third-order valence-electron chi connectivity index (χ3n) is 2.13. The van der Waals surface area contributed by atoms with E-state index in [-0.39, 0.29) is 12.1 Å². The third-order valence-corrected chi connectivity index (χ3v) is 2.13. The van der Waals surface area contributed by atoms with Crippen LogP contribution in [-0.2, 0) is 6.54 Å². The smallest absolute Gasteiger partial charge is 0.315 e. The maximum absolute atomic E-state index is 11.4. The van der Waals surface area contributed by atoms with Gasteiger partial charge in [-0.2, -0.15) is 0 Å². The standard InChI is InChI=1S/C14H19N3O/c1-11(2)17-14(18)16-10-13-6-3-5-12(9-13)7-4-8-15/h3,5-6,9,11H,8,10,15H2,1-2H3,(H2,16,17,18). The molecule has 0 aliphatic rings. The number of carbonyl (C=O) groups is 1. The molecule has 0 fully saturated rings. The summed E-state index contributed by atoms with van der Waals surface area (Å²) in [6.45, 7) is 4.67. The van der Waals surface area contributed by atoms with E-state index in [4.69, 9.17) is 5.73 Å². The summed E-state index contributed by atoms with van der Waals surface area (Å²) in [7, 11) is 0. The molecule has 4 nitrogen and oxygen atoms in total. The Kier molecular flexibility index (Phi) is 5.75. The number of rotatable bonds is 3. The van der Waals surface area contributed by atoms with Gasteiger partial charge in [0.05, 0.1) is 6.54 Å². The van der Waals surface area contributed by atoms with Crippen LogP contribution in [0.1, 0.15) is 25.0 Å². The first kappa shape index (κ1) is 14.1. The minimum Gasteiger partial charge on any atom is -0.336 e. The van der Waals surface area contributed by atoms with Crippen molar-refractivity contribution in [2.24, 2.45) is 5.73 Å². The molecule has 96 valence electrons. The van der Waals surface area contributed by atoms with Gasteiger partial charge in [-0.1, -0.05) is 24.0 Å². The van der Waals surface area contributed by atoms with Gasteiger partial charge in [0.25, 0.3) is 0 Å². The highest BCUT2D eigenvalue weighted by atomic mass is 16.2. The van der Waals surface area contributed by atoms with Crippen molar-refractivity contribution in [3.63, 3.8) is 0 Å². The lowest BCUT2D eigenvalue weighted by atomic mass is 10.1. The van der Waals surface area contributed by atoms with E-state index in [1.165, 1.54) is 0 Å². The zero-order valence-corrected chi connectivity index (χ0v) is 10.8. The molecular weight excluding hydrogens is 226 g/mol. The maximum Gasteiger partial charge on any atom is 0.315 e. The molecule has 4 heteroatoms. The van der Waals surface area contributed by atoms with Gasteiger partial charge in [-0.05, 0) is 31.5 Å². The zero-order valence-electron chi connectivity index (χ0n) is 10.8. The molecule has 0 saturated heterocycles. The number of nitrogens with two attached hydrogens (primary N) is 1. The molecule has 0 aliphatic heterocycles. The van der Waals surface area contributed by atoms with Crippen molar-refractivity contribution >= 4 is 6.03 Å². The Morgan fingerprint density at radius 1 is 1.44 bits per heavy atom. The van der Waals surface area contributed by atoms with Gasteiger partial charge in [-0.3, -0.25) is 0 Å². The molecule has 0 atom stereocenters. The molecule has 1 aromatic rings. The summed E-state index contributed by atoms with van der Waals surface area (Å²) in [6.07, 6.45) is 0. The van der Waals surface area contributed by atoms with Crippen LogP contribution in [0.5, 0.6) is 0 Å². The van der Waals surface area contributed by atoms with E-state index in [1.807, 2.05) is 38.1 Å². The van der Waals surface area contributed by atoms with Crippen LogP contribution in [0.4, 0.5) is 4.79 Å². The highest BCUT2D eigenvalue weighted by Crippen LogP contribution is 2.03. The van der Waals surface area contributed by atoms with E-state index in [2.05, 4.69) is 22.5 Å². The van der Waals surface area contributed by atoms with Crippen LogP contribution in [-0.4, -0.2) is 18.6 Å². The molecule has 0 spiro atoms. The summed E-state index contributed by atoms with van der Waals surface area (Å²) in [6, 6.07) is 7.69. The Morgan fingerprint density at radius 2 is 2.22 bits per heavy atom. The van der Waals surface area contributed by atoms with Gasteiger partial charge in [0.15, 0.2) is 0 Å². The minimum atomic E-state index is -0.163. The van der Waals surface area contributed by atoms with E-state index in [0.717, 1.165) is 11.1 Å². The molecule has 0 heterocycles. The summed E-state index contributed by atoms with van der Waals surface area (Å²) in [5.74, 6) is 5.76. The van der Waals surface area contributed by atoms with Gasteiger partial charge in [0.1, 0.15) is 0 Å². The van der Waals surface area contributed by atoms with Crippen molar-refractivity contribution in [3.8, 4) is 11.8 Å². The van der Waals surface area contributed by atoms with Crippen molar-refractivity contribution in [1.29, 1.82) is 0 Å². The Morgan fingerprint density at radius 3 is 2.89 bits per heavy atom. The lowest BCUT2D eigenvalue weighted by Gasteiger charge is -2.10. The van der Waals surface area contributed by atoms with Gasteiger partial charge in [-0.15, -0.1) is 0 Å². The molecule has 4 N–H and O–H groups in total. The predicted octanol–water partition coefficient (Wildman–Crippen LogP) is 1.20. The number of hydrogen-bond donors (Lipinski definition) is 3. The Bertz CT molecular complexity index is 458. The average Bonchev–Trinajstić information content (AvgIpc) is 2.33. The minimum absolute atomic E-state index is 0.131. The number of nitrogens with one attached hydrogen (secondary N) is 2. The second kappa shape index (κ2) is 7.36. The van der Waals surface area contributed by atoms with Crippen LogP contribution in [0.3, 0.4) is 0 Å². The molecule has 0 saturated carbocycles. The first-order valence-corrected chi connectivity index (χ1v) is 5.94. The molecule has 0 unspecified atom stereocenters. The van der Waals surface area contributed by atoms with E-state index < -0.39 is 0 Å². The molecule has 0 aromatic heterocycles. The summed E-state index contributed by atoms with van der Waals surface area (Å²) >= 11 is 0. The van der Waals surface area contributed by atoms with E-state index in [9.17, 15) is 4.79 Å². The number of amides is 2. The zero-order chi connectivity index (χ0) is 13.4. The van der Waals surface area contributed by atoms with Crippen molar-refractivity contribution in [3.05, 3.63) is 35.4 Å². The van der Waals surface area contributed by atoms with Gasteiger partial charge < -0.3 is 16.4 Å². The molecule has 0 aliphatic carbocycles. The van der Waals surface area contributed by atoms with E-state index >= 15 is 0 Å². The fourth-order valence-corrected chi connectivity index (χ4v) is 1.41. The molecule has 18 heavy (non-hydrogen) atoms. The van der Waals surface area contributed by atoms with Crippen molar-refractivity contribution in [2.45, 2.75) is 26.4 Å². The maximum atomic E-state index is 11.4. The van der Waals surface area contributed by atoms with Crippen LogP contribution < -0.4 is 16.4 Å². The Balaban J connectivity index is 2.55. The normalized spacial score (nSPS) is 9.56. The van der Waals surface area contributed by atoms with Crippen LogP contribution in [0.25, 0.3) is 0 Å². The lowest BCUT2D eigenvalue weighted by Crippen LogP contribution is -2.39. The quantitative estimate of drug-likeness (QED) is 0.701. The first-order chi connectivity index (χ1) is 8.61. The summed E-state index contributed by atoms with van der Waals surface area (Å²) in [5, 5.41) is 5.56. The Labute approximate surface area is 108 Å². The highest BCUT2D eigenvalue weighted by molar-refractivity contribution is 5.74. The topological polar surface area (TPSA) is 67.2 Å². The first-order valence-electron chi connectivity index (χ1n) is 5.94. The SMILES string of the molecule is CC(C)NC(=O)NCc1cccc(C#CCN)c1. The van der Waals surface area contributed by atoms with Crippen molar-refractivity contribution in [1.82, 2.24) is 10.6 Å². The van der Waals surface area contributed by atoms with Gasteiger partial charge in [-0.25, -0.2) is 4.79 Å². The number of urea groups is 1. The highest BCUT2D eigenvalue weighted by Gasteiger charge is 2.02. The molecule has 1 aromatic carbocycles. The van der Waals surface area contributed by atoms with Crippen LogP contribution in [0.15, 0.2) is 24.3 Å². The molecule has 0 bridgehead atoms. The van der Waals surface area contributed by atoms with E-state index in [0.29, 0.717) is 13.1 Å². The molecule has 2 amide bonds. The van der Waals surface area contributed by atoms with Crippen molar-refractivity contribution < 1.29 is 4.79 Å². The molecule has 1 rings (SSSR count). The molecule has 0 radical (unpaired) electrons. The summed E-state index contributed by atoms with van der Waals surface area (Å²) in [5.41, 5.74) is 7.24. The number of benzene rings is 1. The number of hydrogen-bond acceptors (Lipinski definition) is 2. The fourth-order valence-electron chi connectivity index (χ4n) is 1.41. The summed E-state index contributed by atoms with van der Waals surface area (Å²) < 4.78 is 0. The molecular formula is C14H19N3O. The average molecular weight is 245 g/mol. The van der Waals surface area contributed by atoms with E-state index in [1.54, 1.807) is 0 Å². The second-order valence-corrected chi connectivity index (χ2v) is 4.19. The Hall–Kier alpha value is -1.99. The number of carbonyl (C=O) groups excluding carboxylic acids is 1. The largest absolute Gasteiger partial charge is 0.336 e. The lowest BCUT2D eigenvalue weighted by molar-refractivity contribution is 0.238. The van der Waals surface area contributed by atoms with Crippen molar-refractivity contribution in [2.75, 3.05) is 6.54 Å². The third kappa shape index (κ3) is 5.37. The second-order valence-electron chi connectivity index (χ2n) is 4.19. The monoisotopic (exact) mass is 245 g/mol. The van der Waals surface area contributed by atoms with Crippen LogP contribution in [0.2, 0.25) is 0 Å². The van der Waals surface area contributed by atoms with Gasteiger partial charge >= 0.3 is 6.03 Å². The fraction of sp³-hybridized carbons (Fsp3) is 0.357. The summed E-state index contributed by atoms with van der Waals surface area (Å²) in [4.78, 5) is 11.4.